The molecule has 1 atom stereocenters. The van der Waals surface area contributed by atoms with Crippen LogP contribution in [0, 0.1) is 17.1 Å². The summed E-state index contributed by atoms with van der Waals surface area (Å²) in [7, 11) is 0. The summed E-state index contributed by atoms with van der Waals surface area (Å²) in [6.45, 7) is 2.07. The number of rotatable bonds is 4. The number of hydrogen-bond donors (Lipinski definition) is 1. The summed E-state index contributed by atoms with van der Waals surface area (Å²) in [6.07, 6.45) is 0. The first-order valence-electron chi connectivity index (χ1n) is 6.37. The lowest BCUT2D eigenvalue weighted by atomic mass is 10.1. The summed E-state index contributed by atoms with van der Waals surface area (Å²) in [5.41, 5.74) is 7.39. The van der Waals surface area contributed by atoms with Crippen molar-refractivity contribution in [2.24, 2.45) is 5.73 Å². The van der Waals surface area contributed by atoms with Gasteiger partial charge in [-0.05, 0) is 42.3 Å². The Kier molecular flexibility index (Phi) is 4.79. The van der Waals surface area contributed by atoms with Crippen molar-refractivity contribution < 1.29 is 9.13 Å². The normalized spacial score (nSPS) is 11.8. The quantitative estimate of drug-likeness (QED) is 0.930. The highest BCUT2D eigenvalue weighted by molar-refractivity contribution is 6.32. The van der Waals surface area contributed by atoms with Crippen LogP contribution in [0.4, 0.5) is 4.39 Å². The fourth-order valence-electron chi connectivity index (χ4n) is 1.83. The van der Waals surface area contributed by atoms with Gasteiger partial charge in [0.15, 0.2) is 0 Å². The van der Waals surface area contributed by atoms with Gasteiger partial charge in [0.05, 0.1) is 10.6 Å². The van der Waals surface area contributed by atoms with Gasteiger partial charge in [0.2, 0.25) is 0 Å². The second-order valence-corrected chi connectivity index (χ2v) is 5.10. The molecule has 0 radical (unpaired) electrons. The number of ether oxygens (including phenoxy) is 1. The zero-order valence-corrected chi connectivity index (χ0v) is 12.2. The summed E-state index contributed by atoms with van der Waals surface area (Å²) in [5, 5.41) is 9.26. The van der Waals surface area contributed by atoms with Crippen molar-refractivity contribution in [1.82, 2.24) is 0 Å². The summed E-state index contributed by atoms with van der Waals surface area (Å²) >= 11 is 6.13. The molecule has 2 rings (SSSR count). The average Bonchev–Trinajstić information content (AvgIpc) is 2.47. The third-order valence-corrected chi connectivity index (χ3v) is 3.32. The molecule has 0 aliphatic heterocycles. The molecule has 0 saturated carbocycles. The highest BCUT2D eigenvalue weighted by Crippen LogP contribution is 2.28. The van der Waals surface area contributed by atoms with Gasteiger partial charge in [0.25, 0.3) is 0 Å². The zero-order valence-electron chi connectivity index (χ0n) is 11.4. The lowest BCUT2D eigenvalue weighted by Crippen LogP contribution is -2.05. The Morgan fingerprint density at radius 2 is 2.10 bits per heavy atom. The number of nitrogens with two attached hydrogens (primary N) is 1. The lowest BCUT2D eigenvalue weighted by Gasteiger charge is -2.11. The van der Waals surface area contributed by atoms with E-state index in [-0.39, 0.29) is 18.2 Å². The van der Waals surface area contributed by atoms with Crippen molar-refractivity contribution in [3.05, 3.63) is 63.9 Å². The highest BCUT2D eigenvalue weighted by atomic mass is 35.5. The number of benzene rings is 2. The molecule has 0 aliphatic carbocycles. The number of halogens is 2. The summed E-state index contributed by atoms with van der Waals surface area (Å²) < 4.78 is 18.8. The fraction of sp³-hybridized carbons (Fsp3) is 0.188. The van der Waals surface area contributed by atoms with E-state index in [1.54, 1.807) is 24.3 Å². The average molecular weight is 305 g/mol. The van der Waals surface area contributed by atoms with Gasteiger partial charge < -0.3 is 10.5 Å². The smallest absolute Gasteiger partial charge is 0.140 e. The Morgan fingerprint density at radius 1 is 1.33 bits per heavy atom. The van der Waals surface area contributed by atoms with Gasteiger partial charge in [-0.15, -0.1) is 0 Å². The van der Waals surface area contributed by atoms with E-state index in [2.05, 4.69) is 0 Å². The number of nitriles is 1. The van der Waals surface area contributed by atoms with Crippen LogP contribution in [0.25, 0.3) is 0 Å². The zero-order chi connectivity index (χ0) is 15.4. The molecule has 0 aromatic heterocycles. The third-order valence-electron chi connectivity index (χ3n) is 3.03. The van der Waals surface area contributed by atoms with Crippen LogP contribution in [0.3, 0.4) is 0 Å². The predicted octanol–water partition coefficient (Wildman–Crippen LogP) is 3.95. The molecular weight excluding hydrogens is 291 g/mol. The Hall–Kier alpha value is -2.09. The fourth-order valence-corrected chi connectivity index (χ4v) is 2.07. The van der Waals surface area contributed by atoms with Crippen LogP contribution in [0.2, 0.25) is 5.02 Å². The van der Waals surface area contributed by atoms with Gasteiger partial charge in [0.1, 0.15) is 24.2 Å². The largest absolute Gasteiger partial charge is 0.487 e. The first-order valence-corrected chi connectivity index (χ1v) is 6.75. The number of nitrogens with zero attached hydrogens (tertiary/aromatic N) is 1. The van der Waals surface area contributed by atoms with E-state index >= 15 is 0 Å². The van der Waals surface area contributed by atoms with Crippen molar-refractivity contribution in [3.8, 4) is 11.8 Å². The molecule has 2 aromatic rings. The van der Waals surface area contributed by atoms with E-state index in [0.29, 0.717) is 16.3 Å². The van der Waals surface area contributed by atoms with Crippen LogP contribution < -0.4 is 10.5 Å². The summed E-state index contributed by atoms with van der Waals surface area (Å²) in [5.74, 6) is -0.0236. The Labute approximate surface area is 127 Å². The van der Waals surface area contributed by atoms with Gasteiger partial charge in [-0.25, -0.2) is 4.39 Å². The second-order valence-electron chi connectivity index (χ2n) is 4.69. The molecule has 0 amide bonds. The van der Waals surface area contributed by atoms with Crippen molar-refractivity contribution in [2.75, 3.05) is 0 Å². The minimum absolute atomic E-state index is 0.00509. The molecule has 2 aromatic carbocycles. The summed E-state index contributed by atoms with van der Waals surface area (Å²) in [4.78, 5) is 0. The van der Waals surface area contributed by atoms with Crippen LogP contribution >= 0.6 is 11.6 Å². The van der Waals surface area contributed by atoms with E-state index < -0.39 is 5.82 Å². The highest BCUT2D eigenvalue weighted by Gasteiger charge is 2.07. The van der Waals surface area contributed by atoms with Crippen LogP contribution in [0.5, 0.6) is 5.75 Å². The van der Waals surface area contributed by atoms with Crippen LogP contribution in [-0.2, 0) is 6.61 Å². The second kappa shape index (κ2) is 6.57. The standard InChI is InChI=1S/C16H14ClFN2O/c1-10(20)12-3-5-16(14(17)7-12)21-9-11-2-4-15(18)13(6-11)8-19/h2-7,10H,9,20H2,1H3. The molecule has 0 fully saturated rings. The van der Waals surface area contributed by atoms with Gasteiger partial charge in [0, 0.05) is 6.04 Å². The molecule has 21 heavy (non-hydrogen) atoms. The Morgan fingerprint density at radius 3 is 2.71 bits per heavy atom. The van der Waals surface area contributed by atoms with E-state index in [9.17, 15) is 4.39 Å². The van der Waals surface area contributed by atoms with Crippen LogP contribution in [-0.4, -0.2) is 0 Å². The van der Waals surface area contributed by atoms with Gasteiger partial charge in [-0.3, -0.25) is 0 Å². The molecule has 5 heteroatoms. The van der Waals surface area contributed by atoms with Crippen molar-refractivity contribution >= 4 is 11.6 Å². The SMILES string of the molecule is CC(N)c1ccc(OCc2ccc(F)c(C#N)c2)c(Cl)c1. The molecule has 108 valence electrons. The van der Waals surface area contributed by atoms with E-state index in [1.165, 1.54) is 12.1 Å². The van der Waals surface area contributed by atoms with Crippen molar-refractivity contribution in [1.29, 1.82) is 5.26 Å². The maximum atomic E-state index is 13.2. The topological polar surface area (TPSA) is 59.0 Å². The van der Waals surface area contributed by atoms with Crippen LogP contribution in [0.1, 0.15) is 29.7 Å². The third kappa shape index (κ3) is 3.72. The van der Waals surface area contributed by atoms with Gasteiger partial charge in [-0.2, -0.15) is 5.26 Å². The molecule has 0 bridgehead atoms. The molecule has 2 N–H and O–H groups in total. The molecule has 1 unspecified atom stereocenters. The maximum Gasteiger partial charge on any atom is 0.140 e. The minimum Gasteiger partial charge on any atom is -0.487 e. The monoisotopic (exact) mass is 304 g/mol. The van der Waals surface area contributed by atoms with E-state index in [0.717, 1.165) is 5.56 Å². The first kappa shape index (κ1) is 15.3. The maximum absolute atomic E-state index is 13.2. The molecular formula is C16H14ClFN2O. The molecule has 0 aliphatic rings. The van der Waals surface area contributed by atoms with E-state index in [4.69, 9.17) is 27.3 Å². The lowest BCUT2D eigenvalue weighted by molar-refractivity contribution is 0.306. The summed E-state index contributed by atoms with van der Waals surface area (Å²) in [6, 6.07) is 11.3. The van der Waals surface area contributed by atoms with E-state index in [1.807, 2.05) is 13.0 Å². The number of hydrogen-bond acceptors (Lipinski definition) is 3. The molecule has 3 nitrogen and oxygen atoms in total. The van der Waals surface area contributed by atoms with Crippen molar-refractivity contribution in [3.63, 3.8) is 0 Å². The molecule has 0 spiro atoms. The van der Waals surface area contributed by atoms with Crippen LogP contribution in [0.15, 0.2) is 36.4 Å². The minimum atomic E-state index is -0.541. The Bertz CT molecular complexity index is 695. The molecule has 0 heterocycles. The first-order chi connectivity index (χ1) is 10.0. The Balaban J connectivity index is 2.12. The predicted molar refractivity (Wildman–Crippen MR) is 79.5 cm³/mol. The van der Waals surface area contributed by atoms with Gasteiger partial charge in [-0.1, -0.05) is 23.7 Å². The van der Waals surface area contributed by atoms with Crippen molar-refractivity contribution in [2.45, 2.75) is 19.6 Å². The molecule has 0 saturated heterocycles. The van der Waals surface area contributed by atoms with Gasteiger partial charge >= 0.3 is 0 Å².